The summed E-state index contributed by atoms with van der Waals surface area (Å²) in [5.74, 6) is 0. The first-order valence-electron chi connectivity index (χ1n) is 5.02. The molecule has 0 nitrogen and oxygen atoms in total. The van der Waals surface area contributed by atoms with E-state index in [1.54, 1.807) is 11.3 Å². The van der Waals surface area contributed by atoms with E-state index < -0.39 is 0 Å². The van der Waals surface area contributed by atoms with Gasteiger partial charge in [0.1, 0.15) is 0 Å². The Morgan fingerprint density at radius 2 is 2.00 bits per heavy atom. The van der Waals surface area contributed by atoms with Crippen LogP contribution in [0.1, 0.15) is 18.9 Å². The van der Waals surface area contributed by atoms with Gasteiger partial charge in [-0.15, -0.1) is 0 Å². The van der Waals surface area contributed by atoms with Crippen LogP contribution in [0.3, 0.4) is 0 Å². The van der Waals surface area contributed by atoms with Crippen LogP contribution in [0.25, 0.3) is 11.1 Å². The van der Waals surface area contributed by atoms with Gasteiger partial charge in [0.2, 0.25) is 0 Å². The molecule has 1 heterocycles. The van der Waals surface area contributed by atoms with Gasteiger partial charge in [0.25, 0.3) is 0 Å². The van der Waals surface area contributed by atoms with Crippen LogP contribution in [0.15, 0.2) is 41.1 Å². The molecule has 14 heavy (non-hydrogen) atoms. The summed E-state index contributed by atoms with van der Waals surface area (Å²) >= 11 is 1.76. The van der Waals surface area contributed by atoms with Crippen LogP contribution in [0, 0.1) is 0 Å². The van der Waals surface area contributed by atoms with Gasteiger partial charge in [0.15, 0.2) is 0 Å². The lowest BCUT2D eigenvalue weighted by atomic mass is 9.99. The molecule has 0 aliphatic heterocycles. The molecule has 2 rings (SSSR count). The molecule has 0 aliphatic carbocycles. The maximum atomic E-state index is 2.23. The van der Waals surface area contributed by atoms with E-state index in [4.69, 9.17) is 0 Å². The normalized spacial score (nSPS) is 10.4. The molecule has 1 aromatic carbocycles. The summed E-state index contributed by atoms with van der Waals surface area (Å²) in [4.78, 5) is 0. The largest absolute Gasteiger partial charge is 0.152 e. The van der Waals surface area contributed by atoms with Gasteiger partial charge < -0.3 is 0 Å². The van der Waals surface area contributed by atoms with Crippen molar-refractivity contribution in [1.82, 2.24) is 0 Å². The molecule has 0 saturated heterocycles. The van der Waals surface area contributed by atoms with Crippen molar-refractivity contribution in [3.8, 4) is 11.1 Å². The van der Waals surface area contributed by atoms with E-state index >= 15 is 0 Å². The average Bonchev–Trinajstić information content (AvgIpc) is 2.72. The highest BCUT2D eigenvalue weighted by Crippen LogP contribution is 2.26. The lowest BCUT2D eigenvalue weighted by Gasteiger charge is -2.06. The highest BCUT2D eigenvalue weighted by Gasteiger charge is 2.02. The Bertz CT molecular complexity index is 387. The molecule has 0 fully saturated rings. The quantitative estimate of drug-likeness (QED) is 0.693. The molecule has 0 atom stereocenters. The van der Waals surface area contributed by atoms with Crippen molar-refractivity contribution >= 4 is 11.3 Å². The maximum Gasteiger partial charge on any atom is -0.00146 e. The zero-order chi connectivity index (χ0) is 9.80. The fraction of sp³-hybridized carbons (Fsp3) is 0.231. The SMILES string of the molecule is CCCc1ccccc1-c1ccsc1. The standard InChI is InChI=1S/C13H14S/c1-2-5-11-6-3-4-7-13(11)12-8-9-14-10-12/h3-4,6-10H,2,5H2,1H3. The minimum absolute atomic E-state index is 1.17. The van der Waals surface area contributed by atoms with Crippen LogP contribution in [-0.2, 0) is 6.42 Å². The van der Waals surface area contributed by atoms with Crippen LogP contribution in [0.2, 0.25) is 0 Å². The number of aryl methyl sites for hydroxylation is 1. The van der Waals surface area contributed by atoms with Crippen molar-refractivity contribution in [2.75, 3.05) is 0 Å². The van der Waals surface area contributed by atoms with Gasteiger partial charge >= 0.3 is 0 Å². The van der Waals surface area contributed by atoms with Crippen molar-refractivity contribution in [1.29, 1.82) is 0 Å². The fourth-order valence-corrected chi connectivity index (χ4v) is 2.36. The lowest BCUT2D eigenvalue weighted by molar-refractivity contribution is 0.924. The second-order valence-corrected chi connectivity index (χ2v) is 4.20. The molecular formula is C13H14S. The van der Waals surface area contributed by atoms with Gasteiger partial charge in [-0.3, -0.25) is 0 Å². The monoisotopic (exact) mass is 202 g/mol. The molecule has 2 aromatic rings. The van der Waals surface area contributed by atoms with Gasteiger partial charge in [-0.05, 0) is 39.9 Å². The molecule has 0 amide bonds. The molecule has 72 valence electrons. The van der Waals surface area contributed by atoms with Crippen LogP contribution < -0.4 is 0 Å². The Kier molecular flexibility index (Phi) is 3.00. The van der Waals surface area contributed by atoms with Crippen molar-refractivity contribution < 1.29 is 0 Å². The van der Waals surface area contributed by atoms with Gasteiger partial charge in [-0.2, -0.15) is 11.3 Å². The predicted molar refractivity (Wildman–Crippen MR) is 63.8 cm³/mol. The molecular weight excluding hydrogens is 188 g/mol. The predicted octanol–water partition coefficient (Wildman–Crippen LogP) is 4.37. The zero-order valence-corrected chi connectivity index (χ0v) is 9.18. The third-order valence-corrected chi connectivity index (χ3v) is 3.05. The zero-order valence-electron chi connectivity index (χ0n) is 8.36. The first-order valence-corrected chi connectivity index (χ1v) is 5.96. The van der Waals surface area contributed by atoms with Gasteiger partial charge in [0.05, 0.1) is 0 Å². The summed E-state index contributed by atoms with van der Waals surface area (Å²) in [7, 11) is 0. The Morgan fingerprint density at radius 3 is 2.71 bits per heavy atom. The molecule has 0 bridgehead atoms. The van der Waals surface area contributed by atoms with E-state index in [2.05, 4.69) is 48.0 Å². The minimum Gasteiger partial charge on any atom is -0.152 e. The van der Waals surface area contributed by atoms with E-state index in [1.165, 1.54) is 29.5 Å². The van der Waals surface area contributed by atoms with Gasteiger partial charge in [-0.25, -0.2) is 0 Å². The molecule has 0 spiro atoms. The lowest BCUT2D eigenvalue weighted by Crippen LogP contribution is -1.87. The number of rotatable bonds is 3. The van der Waals surface area contributed by atoms with E-state index in [-0.39, 0.29) is 0 Å². The third-order valence-electron chi connectivity index (χ3n) is 2.37. The van der Waals surface area contributed by atoms with Crippen molar-refractivity contribution in [2.24, 2.45) is 0 Å². The van der Waals surface area contributed by atoms with E-state index in [9.17, 15) is 0 Å². The highest BCUT2D eigenvalue weighted by atomic mass is 32.1. The number of hydrogen-bond donors (Lipinski definition) is 0. The highest BCUT2D eigenvalue weighted by molar-refractivity contribution is 7.08. The Balaban J connectivity index is 2.42. The van der Waals surface area contributed by atoms with Crippen molar-refractivity contribution in [3.05, 3.63) is 46.7 Å². The number of thiophene rings is 1. The first-order chi connectivity index (χ1) is 6.92. The molecule has 1 heteroatoms. The average molecular weight is 202 g/mol. The van der Waals surface area contributed by atoms with Crippen molar-refractivity contribution in [3.63, 3.8) is 0 Å². The van der Waals surface area contributed by atoms with Crippen LogP contribution >= 0.6 is 11.3 Å². The second-order valence-electron chi connectivity index (χ2n) is 3.42. The first kappa shape index (κ1) is 9.47. The van der Waals surface area contributed by atoms with Crippen molar-refractivity contribution in [2.45, 2.75) is 19.8 Å². The molecule has 1 aromatic heterocycles. The fourth-order valence-electron chi connectivity index (χ4n) is 1.71. The number of benzene rings is 1. The third kappa shape index (κ3) is 1.88. The summed E-state index contributed by atoms with van der Waals surface area (Å²) in [5.41, 5.74) is 4.23. The summed E-state index contributed by atoms with van der Waals surface area (Å²) in [5, 5.41) is 4.35. The minimum atomic E-state index is 1.17. The Labute approximate surface area is 89.2 Å². The molecule has 0 aliphatic rings. The van der Waals surface area contributed by atoms with E-state index in [0.717, 1.165) is 0 Å². The molecule has 0 unspecified atom stereocenters. The molecule has 0 saturated carbocycles. The summed E-state index contributed by atoms with van der Waals surface area (Å²) < 4.78 is 0. The Hall–Kier alpha value is -1.08. The van der Waals surface area contributed by atoms with Crippen LogP contribution in [0.5, 0.6) is 0 Å². The van der Waals surface area contributed by atoms with Crippen LogP contribution in [0.4, 0.5) is 0 Å². The summed E-state index contributed by atoms with van der Waals surface area (Å²) in [6, 6.07) is 10.9. The summed E-state index contributed by atoms with van der Waals surface area (Å²) in [6.07, 6.45) is 2.38. The molecule has 0 radical (unpaired) electrons. The number of hydrogen-bond acceptors (Lipinski definition) is 1. The van der Waals surface area contributed by atoms with E-state index in [0.29, 0.717) is 0 Å². The smallest absolute Gasteiger partial charge is 0.00146 e. The van der Waals surface area contributed by atoms with E-state index in [1.807, 2.05) is 0 Å². The molecule has 0 N–H and O–H groups in total. The summed E-state index contributed by atoms with van der Waals surface area (Å²) in [6.45, 7) is 2.23. The van der Waals surface area contributed by atoms with Crippen LogP contribution in [-0.4, -0.2) is 0 Å². The topological polar surface area (TPSA) is 0 Å². The van der Waals surface area contributed by atoms with Gasteiger partial charge in [0, 0.05) is 0 Å². The van der Waals surface area contributed by atoms with Gasteiger partial charge in [-0.1, -0.05) is 37.6 Å². The second kappa shape index (κ2) is 4.43. The Morgan fingerprint density at radius 1 is 1.14 bits per heavy atom. The maximum absolute atomic E-state index is 2.23.